The van der Waals surface area contributed by atoms with Gasteiger partial charge in [-0.2, -0.15) is 13.2 Å². The van der Waals surface area contributed by atoms with Crippen molar-refractivity contribution in [1.29, 1.82) is 0 Å². The maximum atomic E-state index is 12.6. The quantitative estimate of drug-likeness (QED) is 0.734. The standard InChI is InChI=1S/C16H21F3N2O3/c17-16(18,19)11-4-3-5-13(8-11)24-10-12(22)9-21-14(23)15(20)6-1-2-7-15/h3-5,8,12,22H,1-2,6-7,9-10,20H2,(H,21,23). The Morgan fingerprint density at radius 2 is 2.04 bits per heavy atom. The molecule has 134 valence electrons. The van der Waals surface area contributed by atoms with Crippen molar-refractivity contribution in [2.24, 2.45) is 5.73 Å². The third-order valence-electron chi connectivity index (χ3n) is 4.05. The summed E-state index contributed by atoms with van der Waals surface area (Å²) in [5.41, 5.74) is 4.27. The predicted octanol–water partition coefficient (Wildman–Crippen LogP) is 1.83. The van der Waals surface area contributed by atoms with Crippen molar-refractivity contribution in [2.45, 2.75) is 43.5 Å². The van der Waals surface area contributed by atoms with E-state index in [1.165, 1.54) is 12.1 Å². The van der Waals surface area contributed by atoms with Crippen LogP contribution in [0.3, 0.4) is 0 Å². The zero-order valence-electron chi connectivity index (χ0n) is 13.1. The van der Waals surface area contributed by atoms with Crippen LogP contribution in [-0.2, 0) is 11.0 Å². The van der Waals surface area contributed by atoms with Crippen molar-refractivity contribution in [2.75, 3.05) is 13.2 Å². The smallest absolute Gasteiger partial charge is 0.416 e. The van der Waals surface area contributed by atoms with Crippen molar-refractivity contribution < 1.29 is 27.8 Å². The molecule has 1 saturated carbocycles. The highest BCUT2D eigenvalue weighted by molar-refractivity contribution is 5.86. The summed E-state index contributed by atoms with van der Waals surface area (Å²) in [6.07, 6.45) is -2.50. The molecule has 0 heterocycles. The molecule has 5 nitrogen and oxygen atoms in total. The van der Waals surface area contributed by atoms with Crippen molar-refractivity contribution >= 4 is 5.91 Å². The highest BCUT2D eigenvalue weighted by atomic mass is 19.4. The Labute approximate surface area is 138 Å². The highest BCUT2D eigenvalue weighted by Gasteiger charge is 2.37. The molecule has 0 aliphatic heterocycles. The molecule has 24 heavy (non-hydrogen) atoms. The van der Waals surface area contributed by atoms with Crippen LogP contribution in [0.15, 0.2) is 24.3 Å². The number of ether oxygens (including phenoxy) is 1. The number of rotatable bonds is 6. The number of nitrogens with one attached hydrogen (secondary N) is 1. The maximum absolute atomic E-state index is 12.6. The van der Waals surface area contributed by atoms with Gasteiger partial charge in [-0.25, -0.2) is 0 Å². The predicted molar refractivity (Wildman–Crippen MR) is 81.3 cm³/mol. The van der Waals surface area contributed by atoms with E-state index in [2.05, 4.69) is 5.32 Å². The molecule has 1 unspecified atom stereocenters. The molecule has 1 atom stereocenters. The summed E-state index contributed by atoms with van der Waals surface area (Å²) in [5, 5.41) is 12.4. The van der Waals surface area contributed by atoms with Crippen molar-refractivity contribution in [3.63, 3.8) is 0 Å². The van der Waals surface area contributed by atoms with Crippen LogP contribution in [0.1, 0.15) is 31.2 Å². The number of hydrogen-bond acceptors (Lipinski definition) is 4. The normalized spacial score (nSPS) is 18.2. The molecule has 1 amide bonds. The zero-order chi connectivity index (χ0) is 17.8. The van der Waals surface area contributed by atoms with Crippen LogP contribution in [0, 0.1) is 0 Å². The number of halogens is 3. The Morgan fingerprint density at radius 1 is 1.38 bits per heavy atom. The van der Waals surface area contributed by atoms with E-state index in [4.69, 9.17) is 10.5 Å². The van der Waals surface area contributed by atoms with Gasteiger partial charge in [0.25, 0.3) is 0 Å². The summed E-state index contributed by atoms with van der Waals surface area (Å²) >= 11 is 0. The molecule has 0 bridgehead atoms. The van der Waals surface area contributed by atoms with Gasteiger partial charge in [-0.15, -0.1) is 0 Å². The summed E-state index contributed by atoms with van der Waals surface area (Å²) in [6, 6.07) is 4.39. The maximum Gasteiger partial charge on any atom is 0.416 e. The molecule has 4 N–H and O–H groups in total. The number of nitrogens with two attached hydrogens (primary N) is 1. The lowest BCUT2D eigenvalue weighted by atomic mass is 9.98. The minimum Gasteiger partial charge on any atom is -0.491 e. The molecule has 0 saturated heterocycles. The summed E-state index contributed by atoms with van der Waals surface area (Å²) in [4.78, 5) is 12.0. The number of carbonyl (C=O) groups is 1. The summed E-state index contributed by atoms with van der Waals surface area (Å²) in [7, 11) is 0. The molecule has 0 aromatic heterocycles. The average Bonchev–Trinajstić information content (AvgIpc) is 2.98. The number of aliphatic hydroxyl groups excluding tert-OH is 1. The lowest BCUT2D eigenvalue weighted by Gasteiger charge is -2.23. The van der Waals surface area contributed by atoms with Gasteiger partial charge >= 0.3 is 6.18 Å². The zero-order valence-corrected chi connectivity index (χ0v) is 13.1. The molecule has 8 heteroatoms. The van der Waals surface area contributed by atoms with Gasteiger partial charge in [0.05, 0.1) is 11.1 Å². The van der Waals surface area contributed by atoms with Crippen LogP contribution < -0.4 is 15.8 Å². The van der Waals surface area contributed by atoms with Gasteiger partial charge in [0, 0.05) is 6.54 Å². The summed E-state index contributed by atoms with van der Waals surface area (Å²) in [6.45, 7) is -0.310. The largest absolute Gasteiger partial charge is 0.491 e. The third kappa shape index (κ3) is 4.85. The third-order valence-corrected chi connectivity index (χ3v) is 4.05. The Hall–Kier alpha value is -1.80. The van der Waals surface area contributed by atoms with E-state index >= 15 is 0 Å². The van der Waals surface area contributed by atoms with Gasteiger partial charge < -0.3 is 20.9 Å². The second-order valence-electron chi connectivity index (χ2n) is 6.06. The number of aliphatic hydroxyl groups is 1. The molecule has 1 aromatic rings. The molecular weight excluding hydrogens is 325 g/mol. The Bertz CT molecular complexity index is 572. The number of alkyl halides is 3. The number of carbonyl (C=O) groups excluding carboxylic acids is 1. The van der Waals surface area contributed by atoms with Crippen LogP contribution in [0.25, 0.3) is 0 Å². The van der Waals surface area contributed by atoms with Crippen LogP contribution in [0.5, 0.6) is 5.75 Å². The number of amides is 1. The fourth-order valence-corrected chi connectivity index (χ4v) is 2.63. The van der Waals surface area contributed by atoms with Crippen LogP contribution >= 0.6 is 0 Å². The van der Waals surface area contributed by atoms with Crippen molar-refractivity contribution in [3.8, 4) is 5.75 Å². The molecule has 2 rings (SSSR count). The molecule has 0 spiro atoms. The van der Waals surface area contributed by atoms with Gasteiger partial charge in [0.1, 0.15) is 18.5 Å². The van der Waals surface area contributed by atoms with Crippen LogP contribution in [0.2, 0.25) is 0 Å². The van der Waals surface area contributed by atoms with E-state index in [-0.39, 0.29) is 24.8 Å². The molecular formula is C16H21F3N2O3. The minimum absolute atomic E-state index is 0.00119. The SMILES string of the molecule is NC1(C(=O)NCC(O)COc2cccc(C(F)(F)F)c2)CCCC1. The summed E-state index contributed by atoms with van der Waals surface area (Å²) in [5.74, 6) is -0.320. The monoisotopic (exact) mass is 346 g/mol. The first-order valence-electron chi connectivity index (χ1n) is 7.76. The Morgan fingerprint density at radius 3 is 2.67 bits per heavy atom. The first kappa shape index (κ1) is 18.5. The van der Waals surface area contributed by atoms with E-state index in [1.807, 2.05) is 0 Å². The van der Waals surface area contributed by atoms with Gasteiger partial charge in [0.2, 0.25) is 5.91 Å². The van der Waals surface area contributed by atoms with Crippen LogP contribution in [0.4, 0.5) is 13.2 Å². The van der Waals surface area contributed by atoms with Gasteiger partial charge in [-0.1, -0.05) is 18.9 Å². The topological polar surface area (TPSA) is 84.6 Å². The van der Waals surface area contributed by atoms with E-state index < -0.39 is 23.4 Å². The second kappa shape index (κ2) is 7.40. The van der Waals surface area contributed by atoms with E-state index in [0.717, 1.165) is 25.0 Å². The molecule has 1 aromatic carbocycles. The minimum atomic E-state index is -4.46. The first-order chi connectivity index (χ1) is 11.2. The molecule has 0 radical (unpaired) electrons. The molecule has 1 fully saturated rings. The van der Waals surface area contributed by atoms with Crippen molar-refractivity contribution in [1.82, 2.24) is 5.32 Å². The van der Waals surface area contributed by atoms with E-state index in [0.29, 0.717) is 12.8 Å². The fourth-order valence-electron chi connectivity index (χ4n) is 2.63. The average molecular weight is 346 g/mol. The van der Waals surface area contributed by atoms with Gasteiger partial charge in [-0.05, 0) is 31.0 Å². The molecule has 1 aliphatic carbocycles. The van der Waals surface area contributed by atoms with Crippen molar-refractivity contribution in [3.05, 3.63) is 29.8 Å². The Balaban J connectivity index is 1.79. The highest BCUT2D eigenvalue weighted by Crippen LogP contribution is 2.31. The second-order valence-corrected chi connectivity index (χ2v) is 6.06. The van der Waals surface area contributed by atoms with Gasteiger partial charge in [0.15, 0.2) is 0 Å². The van der Waals surface area contributed by atoms with E-state index in [9.17, 15) is 23.1 Å². The van der Waals surface area contributed by atoms with E-state index in [1.54, 1.807) is 0 Å². The molecule has 1 aliphatic rings. The van der Waals surface area contributed by atoms with Gasteiger partial charge in [-0.3, -0.25) is 4.79 Å². The summed E-state index contributed by atoms with van der Waals surface area (Å²) < 4.78 is 42.9. The number of hydrogen-bond donors (Lipinski definition) is 3. The van der Waals surface area contributed by atoms with Crippen LogP contribution in [-0.4, -0.2) is 35.8 Å². The Kier molecular flexibility index (Phi) is 5.71. The lowest BCUT2D eigenvalue weighted by molar-refractivity contribution is -0.137. The fraction of sp³-hybridized carbons (Fsp3) is 0.562. The first-order valence-corrected chi connectivity index (χ1v) is 7.76. The lowest BCUT2D eigenvalue weighted by Crippen LogP contribution is -2.53. The number of benzene rings is 1.